The molecule has 378 valence electrons. The maximum Gasteiger partial charge on any atom is 0.306 e. The van der Waals surface area contributed by atoms with Crippen molar-refractivity contribution in [3.8, 4) is 0 Å². The molecule has 0 rings (SSSR count). The zero-order valence-electron chi connectivity index (χ0n) is 43.2. The van der Waals surface area contributed by atoms with Crippen molar-refractivity contribution in [2.45, 2.75) is 264 Å². The van der Waals surface area contributed by atoms with Gasteiger partial charge in [-0.2, -0.15) is 0 Å². The summed E-state index contributed by atoms with van der Waals surface area (Å²) < 4.78 is 16.8. The normalized spacial score (nSPS) is 12.7. The van der Waals surface area contributed by atoms with Crippen LogP contribution >= 0.6 is 0 Å². The van der Waals surface area contributed by atoms with Crippen LogP contribution < -0.4 is 0 Å². The molecule has 0 saturated heterocycles. The highest BCUT2D eigenvalue weighted by Gasteiger charge is 2.19. The van der Waals surface area contributed by atoms with Crippen molar-refractivity contribution in [3.63, 3.8) is 0 Å². The van der Waals surface area contributed by atoms with Gasteiger partial charge in [0.2, 0.25) is 0 Å². The summed E-state index contributed by atoms with van der Waals surface area (Å²) in [6.45, 7) is 6.43. The van der Waals surface area contributed by atoms with Gasteiger partial charge in [0.15, 0.2) is 6.10 Å². The van der Waals surface area contributed by atoms with Gasteiger partial charge >= 0.3 is 17.9 Å². The van der Waals surface area contributed by atoms with Crippen LogP contribution in [0, 0.1) is 0 Å². The third-order valence-corrected chi connectivity index (χ3v) is 11.7. The van der Waals surface area contributed by atoms with Crippen molar-refractivity contribution in [1.29, 1.82) is 0 Å². The topological polar surface area (TPSA) is 78.9 Å². The van der Waals surface area contributed by atoms with Crippen LogP contribution in [-0.2, 0) is 28.6 Å². The van der Waals surface area contributed by atoms with Crippen molar-refractivity contribution >= 4 is 17.9 Å². The van der Waals surface area contributed by atoms with E-state index in [1.165, 1.54) is 128 Å². The van der Waals surface area contributed by atoms with E-state index in [1.807, 2.05) is 0 Å². The Kier molecular flexibility index (Phi) is 51.4. The monoisotopic (exact) mass is 919 g/mol. The van der Waals surface area contributed by atoms with Crippen molar-refractivity contribution in [3.05, 3.63) is 85.1 Å². The summed E-state index contributed by atoms with van der Waals surface area (Å²) in [7, 11) is 0. The second-order valence-electron chi connectivity index (χ2n) is 18.2. The minimum absolute atomic E-state index is 0.101. The van der Waals surface area contributed by atoms with Crippen LogP contribution in [0.5, 0.6) is 0 Å². The Labute approximate surface area is 407 Å². The average molecular weight is 919 g/mol. The van der Waals surface area contributed by atoms with Gasteiger partial charge < -0.3 is 14.2 Å². The molecule has 0 radical (unpaired) electrons. The van der Waals surface area contributed by atoms with E-state index >= 15 is 0 Å². The fraction of sp³-hybridized carbons (Fsp3) is 0.717. The van der Waals surface area contributed by atoms with Crippen molar-refractivity contribution in [2.24, 2.45) is 0 Å². The van der Waals surface area contributed by atoms with E-state index in [1.54, 1.807) is 0 Å². The summed E-state index contributed by atoms with van der Waals surface area (Å²) in [5.74, 6) is -0.974. The Hall–Kier alpha value is -3.41. The number of carbonyl (C=O) groups excluding carboxylic acids is 3. The lowest BCUT2D eigenvalue weighted by Gasteiger charge is -2.18. The second kappa shape index (κ2) is 54.2. The van der Waals surface area contributed by atoms with E-state index in [-0.39, 0.29) is 37.5 Å². The molecule has 1 atom stereocenters. The number of esters is 3. The lowest BCUT2D eigenvalue weighted by molar-refractivity contribution is -0.167. The van der Waals surface area contributed by atoms with E-state index in [2.05, 4.69) is 106 Å². The average Bonchev–Trinajstić information content (AvgIpc) is 3.31. The Bertz CT molecular complexity index is 1290. The molecule has 0 spiro atoms. The van der Waals surface area contributed by atoms with Crippen LogP contribution in [-0.4, -0.2) is 37.2 Å². The van der Waals surface area contributed by atoms with Gasteiger partial charge in [0.05, 0.1) is 0 Å². The van der Waals surface area contributed by atoms with Crippen molar-refractivity contribution in [1.82, 2.24) is 0 Å². The highest BCUT2D eigenvalue weighted by atomic mass is 16.6. The number of allylic oxidation sites excluding steroid dienone is 14. The molecule has 0 bridgehead atoms. The summed E-state index contributed by atoms with van der Waals surface area (Å²) >= 11 is 0. The predicted octanol–water partition coefficient (Wildman–Crippen LogP) is 18.4. The molecule has 0 aromatic rings. The van der Waals surface area contributed by atoms with E-state index in [0.717, 1.165) is 83.5 Å². The quantitative estimate of drug-likeness (QED) is 0.0199. The summed E-state index contributed by atoms with van der Waals surface area (Å²) in [4.78, 5) is 38.0. The molecule has 0 heterocycles. The second-order valence-corrected chi connectivity index (χ2v) is 18.2. The third kappa shape index (κ3) is 51.6. The standard InChI is InChI=1S/C60H102O6/c1-4-7-10-13-16-19-22-24-26-28-30-32-33-35-38-41-44-47-50-53-59(62)65-56-57(55-64-58(61)52-49-46-43-40-37-21-18-15-12-9-6-3)66-60(63)54-51-48-45-42-39-36-34-31-29-27-25-23-20-17-14-11-8-5-2/h9,12,16,18-19,21-22,24,27,29,31,34,40,43,57H,4-8,10-11,13-15,17,20,23,25-26,28,30,32-33,35-39,41-42,44-56H2,1-3H3/b12-9-,19-16-,21-18-,24-22-,29-27-,34-31-,43-40-. The smallest absolute Gasteiger partial charge is 0.306 e. The molecule has 0 aliphatic rings. The maximum absolute atomic E-state index is 12.8. The van der Waals surface area contributed by atoms with Crippen LogP contribution in [0.3, 0.4) is 0 Å². The lowest BCUT2D eigenvalue weighted by atomic mass is 10.1. The molecular formula is C60H102O6. The number of hydrogen-bond acceptors (Lipinski definition) is 6. The number of rotatable bonds is 49. The highest BCUT2D eigenvalue weighted by Crippen LogP contribution is 2.14. The molecule has 6 nitrogen and oxygen atoms in total. The van der Waals surface area contributed by atoms with Gasteiger partial charge in [-0.05, 0) is 96.3 Å². The first kappa shape index (κ1) is 62.6. The number of hydrogen-bond donors (Lipinski definition) is 0. The van der Waals surface area contributed by atoms with Crippen LogP contribution in [0.2, 0.25) is 0 Å². The SMILES string of the molecule is CC/C=C\C/C=C\C/C=C\CCCC(=O)OCC(COC(=O)CCCCCCCCCCCC/C=C\C=C/CCCCC)OC(=O)CCCCCCC/C=C\C=C/CCCCCCCCC. The molecule has 0 amide bonds. The van der Waals surface area contributed by atoms with Crippen LogP contribution in [0.4, 0.5) is 0 Å². The summed E-state index contributed by atoms with van der Waals surface area (Å²) in [6.07, 6.45) is 70.1. The summed E-state index contributed by atoms with van der Waals surface area (Å²) in [6, 6.07) is 0. The first-order chi connectivity index (χ1) is 32.5. The Morgan fingerprint density at radius 1 is 0.333 bits per heavy atom. The minimum atomic E-state index is -0.806. The fourth-order valence-corrected chi connectivity index (χ4v) is 7.51. The van der Waals surface area contributed by atoms with E-state index in [9.17, 15) is 14.4 Å². The number of ether oxygens (including phenoxy) is 3. The number of unbranched alkanes of at least 4 members (excludes halogenated alkanes) is 26. The first-order valence-corrected chi connectivity index (χ1v) is 27.6. The molecule has 66 heavy (non-hydrogen) atoms. The van der Waals surface area contributed by atoms with Gasteiger partial charge in [-0.25, -0.2) is 0 Å². The first-order valence-electron chi connectivity index (χ1n) is 27.6. The van der Waals surface area contributed by atoms with Crippen LogP contribution in [0.25, 0.3) is 0 Å². The van der Waals surface area contributed by atoms with Gasteiger partial charge in [-0.15, -0.1) is 0 Å². The molecule has 6 heteroatoms. The van der Waals surface area contributed by atoms with Gasteiger partial charge in [0.25, 0.3) is 0 Å². The highest BCUT2D eigenvalue weighted by molar-refractivity contribution is 5.71. The molecule has 0 aliphatic carbocycles. The summed E-state index contributed by atoms with van der Waals surface area (Å²) in [5, 5.41) is 0. The molecule has 0 saturated carbocycles. The molecule has 1 unspecified atom stereocenters. The number of carbonyl (C=O) groups is 3. The van der Waals surface area contributed by atoms with Gasteiger partial charge in [0, 0.05) is 19.3 Å². The van der Waals surface area contributed by atoms with E-state index < -0.39 is 6.10 Å². The molecule has 0 fully saturated rings. The Balaban J connectivity index is 4.41. The maximum atomic E-state index is 12.8. The summed E-state index contributed by atoms with van der Waals surface area (Å²) in [5.41, 5.74) is 0. The predicted molar refractivity (Wildman–Crippen MR) is 284 cm³/mol. The third-order valence-electron chi connectivity index (χ3n) is 11.7. The molecule has 0 aromatic heterocycles. The van der Waals surface area contributed by atoms with Crippen LogP contribution in [0.15, 0.2) is 85.1 Å². The molecule has 0 aliphatic heterocycles. The van der Waals surface area contributed by atoms with E-state index in [4.69, 9.17) is 14.2 Å². The van der Waals surface area contributed by atoms with Crippen molar-refractivity contribution < 1.29 is 28.6 Å². The van der Waals surface area contributed by atoms with Crippen LogP contribution in [0.1, 0.15) is 258 Å². The largest absolute Gasteiger partial charge is 0.462 e. The van der Waals surface area contributed by atoms with Gasteiger partial charge in [0.1, 0.15) is 13.2 Å². The zero-order valence-corrected chi connectivity index (χ0v) is 43.2. The lowest BCUT2D eigenvalue weighted by Crippen LogP contribution is -2.30. The van der Waals surface area contributed by atoms with E-state index in [0.29, 0.717) is 19.3 Å². The minimum Gasteiger partial charge on any atom is -0.462 e. The molecule has 0 aromatic carbocycles. The van der Waals surface area contributed by atoms with Crippen molar-refractivity contribution in [2.75, 3.05) is 13.2 Å². The zero-order chi connectivity index (χ0) is 47.9. The van der Waals surface area contributed by atoms with Gasteiger partial charge in [-0.3, -0.25) is 14.4 Å². The molecular weight excluding hydrogens is 817 g/mol. The molecule has 0 N–H and O–H groups in total. The van der Waals surface area contributed by atoms with Gasteiger partial charge in [-0.1, -0.05) is 228 Å². The Morgan fingerprint density at radius 3 is 1.09 bits per heavy atom. The fourth-order valence-electron chi connectivity index (χ4n) is 7.51. The Morgan fingerprint density at radius 2 is 0.652 bits per heavy atom.